The average molecular weight is 333 g/mol. The minimum atomic E-state index is -0.189. The van der Waals surface area contributed by atoms with Crippen LogP contribution in [0.4, 0.5) is 5.69 Å². The van der Waals surface area contributed by atoms with Gasteiger partial charge in [-0.3, -0.25) is 9.59 Å². The normalized spacial score (nSPS) is 14.9. The molecule has 3 rings (SSSR count). The molecule has 1 aliphatic heterocycles. The molecule has 1 unspecified atom stereocenters. The lowest BCUT2D eigenvalue weighted by Crippen LogP contribution is -2.27. The predicted molar refractivity (Wildman–Crippen MR) is 95.1 cm³/mol. The van der Waals surface area contributed by atoms with Gasteiger partial charge in [0.2, 0.25) is 5.91 Å². The summed E-state index contributed by atoms with van der Waals surface area (Å²) in [5.41, 5.74) is 2.81. The Morgan fingerprint density at radius 3 is 2.64 bits per heavy atom. The quantitative estimate of drug-likeness (QED) is 0.934. The third-order valence-electron chi connectivity index (χ3n) is 4.38. The molecule has 0 aromatic heterocycles. The van der Waals surface area contributed by atoms with Crippen LogP contribution in [-0.4, -0.2) is 18.4 Å². The van der Waals surface area contributed by atoms with E-state index in [1.807, 2.05) is 25.1 Å². The second kappa shape index (κ2) is 7.18. The van der Waals surface area contributed by atoms with E-state index >= 15 is 0 Å². The maximum Gasteiger partial charge on any atom is 0.251 e. The van der Waals surface area contributed by atoms with Crippen molar-refractivity contribution in [3.05, 3.63) is 65.2 Å². The topological polar surface area (TPSA) is 73.2 Å². The van der Waals surface area contributed by atoms with Crippen LogP contribution in [0.2, 0.25) is 0 Å². The van der Waals surface area contributed by atoms with Gasteiger partial charge in [-0.2, -0.15) is 5.26 Å². The van der Waals surface area contributed by atoms with Crippen LogP contribution in [0.5, 0.6) is 0 Å². The lowest BCUT2D eigenvalue weighted by Gasteiger charge is -2.18. The van der Waals surface area contributed by atoms with Crippen LogP contribution in [0.25, 0.3) is 0 Å². The van der Waals surface area contributed by atoms with Crippen molar-refractivity contribution in [1.29, 1.82) is 5.26 Å². The molecule has 2 aromatic carbocycles. The number of hydrogen-bond acceptors (Lipinski definition) is 3. The number of amides is 2. The molecule has 1 heterocycles. The first kappa shape index (κ1) is 16.7. The predicted octanol–water partition coefficient (Wildman–Crippen LogP) is 3.18. The number of carbonyl (C=O) groups is 2. The smallest absolute Gasteiger partial charge is 0.251 e. The summed E-state index contributed by atoms with van der Waals surface area (Å²) in [7, 11) is 0. The first-order valence-electron chi connectivity index (χ1n) is 8.30. The van der Waals surface area contributed by atoms with E-state index in [4.69, 9.17) is 5.26 Å². The van der Waals surface area contributed by atoms with Crippen molar-refractivity contribution in [2.45, 2.75) is 25.8 Å². The minimum absolute atomic E-state index is 0.100. The highest BCUT2D eigenvalue weighted by Gasteiger charge is 2.22. The Morgan fingerprint density at radius 1 is 1.24 bits per heavy atom. The molecule has 1 saturated heterocycles. The fourth-order valence-electron chi connectivity index (χ4n) is 2.95. The molecule has 1 aliphatic rings. The van der Waals surface area contributed by atoms with Crippen molar-refractivity contribution in [3.8, 4) is 6.07 Å². The monoisotopic (exact) mass is 333 g/mol. The number of hydrogen-bond donors (Lipinski definition) is 1. The van der Waals surface area contributed by atoms with Gasteiger partial charge in [0, 0.05) is 24.2 Å². The Kier molecular flexibility index (Phi) is 4.80. The Labute approximate surface area is 146 Å². The minimum Gasteiger partial charge on any atom is -0.346 e. The van der Waals surface area contributed by atoms with Crippen LogP contribution in [0.1, 0.15) is 47.3 Å². The zero-order valence-electron chi connectivity index (χ0n) is 14.0. The highest BCUT2D eigenvalue weighted by molar-refractivity contribution is 5.99. The van der Waals surface area contributed by atoms with E-state index < -0.39 is 0 Å². The maximum atomic E-state index is 12.5. The van der Waals surface area contributed by atoms with Crippen molar-refractivity contribution in [2.75, 3.05) is 11.4 Å². The fourth-order valence-corrected chi connectivity index (χ4v) is 2.95. The number of nitriles is 1. The summed E-state index contributed by atoms with van der Waals surface area (Å²) >= 11 is 0. The van der Waals surface area contributed by atoms with Gasteiger partial charge in [-0.1, -0.05) is 18.2 Å². The van der Waals surface area contributed by atoms with Crippen LogP contribution < -0.4 is 10.2 Å². The third kappa shape index (κ3) is 3.69. The van der Waals surface area contributed by atoms with Crippen LogP contribution >= 0.6 is 0 Å². The summed E-state index contributed by atoms with van der Waals surface area (Å²) < 4.78 is 0. The molecule has 0 aliphatic carbocycles. The van der Waals surface area contributed by atoms with Crippen molar-refractivity contribution in [1.82, 2.24) is 5.32 Å². The van der Waals surface area contributed by atoms with Gasteiger partial charge >= 0.3 is 0 Å². The zero-order valence-corrected chi connectivity index (χ0v) is 14.0. The molecule has 1 N–H and O–H groups in total. The summed E-state index contributed by atoms with van der Waals surface area (Å²) in [5.74, 6) is -0.0890. The summed E-state index contributed by atoms with van der Waals surface area (Å²) in [6.45, 7) is 2.60. The van der Waals surface area contributed by atoms with Gasteiger partial charge in [-0.15, -0.1) is 0 Å². The second-order valence-corrected chi connectivity index (χ2v) is 6.13. The molecule has 126 valence electrons. The van der Waals surface area contributed by atoms with E-state index in [-0.39, 0.29) is 17.9 Å². The number of nitrogens with zero attached hydrogens (tertiary/aromatic N) is 2. The largest absolute Gasteiger partial charge is 0.346 e. The van der Waals surface area contributed by atoms with E-state index in [0.717, 1.165) is 17.7 Å². The first-order valence-corrected chi connectivity index (χ1v) is 8.30. The van der Waals surface area contributed by atoms with Crippen molar-refractivity contribution >= 4 is 17.5 Å². The summed E-state index contributed by atoms with van der Waals surface area (Å²) in [5, 5.41) is 11.8. The second-order valence-electron chi connectivity index (χ2n) is 6.13. The van der Waals surface area contributed by atoms with Gasteiger partial charge < -0.3 is 10.2 Å². The van der Waals surface area contributed by atoms with E-state index in [0.29, 0.717) is 24.1 Å². The molecule has 1 fully saturated rings. The van der Waals surface area contributed by atoms with Gasteiger partial charge in [-0.25, -0.2) is 0 Å². The molecule has 1 atom stereocenters. The lowest BCUT2D eigenvalue weighted by atomic mass is 10.1. The number of benzene rings is 2. The van der Waals surface area contributed by atoms with E-state index in [2.05, 4.69) is 11.4 Å². The van der Waals surface area contributed by atoms with E-state index in [9.17, 15) is 9.59 Å². The van der Waals surface area contributed by atoms with Gasteiger partial charge in [0.1, 0.15) is 0 Å². The van der Waals surface area contributed by atoms with Crippen LogP contribution in [0.15, 0.2) is 48.5 Å². The van der Waals surface area contributed by atoms with Gasteiger partial charge in [-0.05, 0) is 49.2 Å². The average Bonchev–Trinajstić information content (AvgIpc) is 3.07. The van der Waals surface area contributed by atoms with Gasteiger partial charge in [0.05, 0.1) is 17.7 Å². The van der Waals surface area contributed by atoms with Gasteiger partial charge in [0.25, 0.3) is 5.91 Å². The van der Waals surface area contributed by atoms with E-state index in [1.165, 1.54) is 0 Å². The summed E-state index contributed by atoms with van der Waals surface area (Å²) in [6, 6.07) is 16.2. The molecule has 0 saturated carbocycles. The standard InChI is InChI=1S/C20H19N3O2/c1-14(16-9-7-15(13-21)8-10-16)22-20(25)17-4-2-5-18(12-17)23-11-3-6-19(23)24/h2,4-5,7-10,12,14H,3,6,11H2,1H3,(H,22,25). The lowest BCUT2D eigenvalue weighted by molar-refractivity contribution is -0.117. The Hall–Kier alpha value is -3.13. The Bertz CT molecular complexity index is 837. The zero-order chi connectivity index (χ0) is 17.8. The fraction of sp³-hybridized carbons (Fsp3) is 0.250. The maximum absolute atomic E-state index is 12.5. The van der Waals surface area contributed by atoms with Gasteiger partial charge in [0.15, 0.2) is 0 Å². The molecule has 5 nitrogen and oxygen atoms in total. The van der Waals surface area contributed by atoms with Crippen LogP contribution in [0.3, 0.4) is 0 Å². The SMILES string of the molecule is CC(NC(=O)c1cccc(N2CCCC2=O)c1)c1ccc(C#N)cc1. The number of anilines is 1. The molecular formula is C20H19N3O2. The highest BCUT2D eigenvalue weighted by atomic mass is 16.2. The summed E-state index contributed by atoms with van der Waals surface area (Å²) in [4.78, 5) is 26.1. The van der Waals surface area contributed by atoms with Crippen molar-refractivity contribution < 1.29 is 9.59 Å². The molecule has 0 spiro atoms. The molecule has 2 amide bonds. The third-order valence-corrected chi connectivity index (χ3v) is 4.38. The van der Waals surface area contributed by atoms with Crippen molar-refractivity contribution in [2.24, 2.45) is 0 Å². The first-order chi connectivity index (χ1) is 12.1. The Balaban J connectivity index is 1.72. The molecule has 25 heavy (non-hydrogen) atoms. The number of carbonyl (C=O) groups excluding carboxylic acids is 2. The number of rotatable bonds is 4. The molecule has 5 heteroatoms. The number of nitrogens with one attached hydrogen (secondary N) is 1. The Morgan fingerprint density at radius 2 is 2.00 bits per heavy atom. The van der Waals surface area contributed by atoms with Crippen molar-refractivity contribution in [3.63, 3.8) is 0 Å². The van der Waals surface area contributed by atoms with Crippen LogP contribution in [-0.2, 0) is 4.79 Å². The molecule has 0 radical (unpaired) electrons. The van der Waals surface area contributed by atoms with Crippen LogP contribution in [0, 0.1) is 11.3 Å². The highest BCUT2D eigenvalue weighted by Crippen LogP contribution is 2.22. The molecular weight excluding hydrogens is 314 g/mol. The van der Waals surface area contributed by atoms with E-state index in [1.54, 1.807) is 35.2 Å². The molecule has 0 bridgehead atoms. The summed E-state index contributed by atoms with van der Waals surface area (Å²) in [6.07, 6.45) is 1.41. The molecule has 2 aromatic rings.